The lowest BCUT2D eigenvalue weighted by Gasteiger charge is -2.36. The molecule has 3 aromatic rings. The van der Waals surface area contributed by atoms with E-state index in [4.69, 9.17) is 4.98 Å². The number of benzene rings is 2. The molecule has 1 unspecified atom stereocenters. The Labute approximate surface area is 196 Å². The molecule has 1 aliphatic rings. The molecule has 4 rings (SSSR count). The fourth-order valence-corrected chi connectivity index (χ4v) is 5.39. The predicted octanol–water partition coefficient (Wildman–Crippen LogP) is 4.16. The number of hydrogen-bond donors (Lipinski definition) is 1. The lowest BCUT2D eigenvalue weighted by Crippen LogP contribution is -2.46. The van der Waals surface area contributed by atoms with Crippen molar-refractivity contribution in [1.82, 2.24) is 14.6 Å². The van der Waals surface area contributed by atoms with E-state index < -0.39 is 11.4 Å². The highest BCUT2D eigenvalue weighted by molar-refractivity contribution is 7.90. The molecule has 0 saturated carbocycles. The zero-order valence-electron chi connectivity index (χ0n) is 18.8. The molecule has 0 radical (unpaired) electrons. The third kappa shape index (κ3) is 5.26. The van der Waals surface area contributed by atoms with Crippen LogP contribution in [0.5, 0.6) is 0 Å². The normalized spacial score (nSPS) is 16.0. The zero-order chi connectivity index (χ0) is 22.7. The number of amides is 1. The second-order valence-electron chi connectivity index (χ2n) is 8.34. The van der Waals surface area contributed by atoms with Crippen LogP contribution in [0.25, 0.3) is 10.2 Å². The van der Waals surface area contributed by atoms with Crippen LogP contribution >= 0.6 is 11.3 Å². The van der Waals surface area contributed by atoms with E-state index in [1.807, 2.05) is 18.2 Å². The predicted molar refractivity (Wildman–Crippen MR) is 134 cm³/mol. The monoisotopic (exact) mass is 470 g/mol. The number of nitrogens with one attached hydrogen (secondary N) is 1. The SMILES string of the molecule is CC[S+]([O-])NC(=O)c1ccc(C(C)C)cc1N1CCN(Cc2nc3ccccc3s2)CC1. The number of aromatic nitrogens is 1. The maximum absolute atomic E-state index is 12.8. The highest BCUT2D eigenvalue weighted by Gasteiger charge is 2.24. The molecule has 2 aromatic carbocycles. The third-order valence-corrected chi connectivity index (χ3v) is 7.77. The Kier molecular flexibility index (Phi) is 7.35. The van der Waals surface area contributed by atoms with Crippen molar-refractivity contribution in [3.63, 3.8) is 0 Å². The largest absolute Gasteiger partial charge is 0.593 e. The van der Waals surface area contributed by atoms with E-state index in [2.05, 4.69) is 52.6 Å². The van der Waals surface area contributed by atoms with Gasteiger partial charge in [0, 0.05) is 26.2 Å². The van der Waals surface area contributed by atoms with Gasteiger partial charge < -0.3 is 9.45 Å². The fraction of sp³-hybridized carbons (Fsp3) is 0.417. The van der Waals surface area contributed by atoms with Crippen LogP contribution in [0.2, 0.25) is 0 Å². The van der Waals surface area contributed by atoms with Crippen LogP contribution in [-0.2, 0) is 17.9 Å². The van der Waals surface area contributed by atoms with E-state index >= 15 is 0 Å². The molecule has 1 fully saturated rings. The van der Waals surface area contributed by atoms with E-state index in [1.54, 1.807) is 18.3 Å². The van der Waals surface area contributed by atoms with Crippen LogP contribution in [-0.4, -0.2) is 52.3 Å². The minimum Gasteiger partial charge on any atom is -0.593 e. The Morgan fingerprint density at radius 1 is 1.19 bits per heavy atom. The van der Waals surface area contributed by atoms with Crippen molar-refractivity contribution in [2.75, 3.05) is 36.8 Å². The Morgan fingerprint density at radius 2 is 1.94 bits per heavy atom. The summed E-state index contributed by atoms with van der Waals surface area (Å²) >= 11 is 0.407. The van der Waals surface area contributed by atoms with Gasteiger partial charge in [-0.15, -0.1) is 11.3 Å². The summed E-state index contributed by atoms with van der Waals surface area (Å²) in [4.78, 5) is 22.3. The van der Waals surface area contributed by atoms with Crippen LogP contribution in [0.3, 0.4) is 0 Å². The molecular formula is C24H30N4O2S2. The van der Waals surface area contributed by atoms with Crippen LogP contribution in [0.4, 0.5) is 5.69 Å². The van der Waals surface area contributed by atoms with Crippen molar-refractivity contribution in [3.8, 4) is 0 Å². The first-order chi connectivity index (χ1) is 15.4. The molecule has 1 saturated heterocycles. The molecule has 32 heavy (non-hydrogen) atoms. The van der Waals surface area contributed by atoms with Crippen molar-refractivity contribution < 1.29 is 9.35 Å². The quantitative estimate of drug-likeness (QED) is 0.525. The summed E-state index contributed by atoms with van der Waals surface area (Å²) in [7, 11) is 0. The minimum absolute atomic E-state index is 0.271. The van der Waals surface area contributed by atoms with E-state index in [9.17, 15) is 9.35 Å². The summed E-state index contributed by atoms with van der Waals surface area (Å²) in [6.07, 6.45) is 0. The highest BCUT2D eigenvalue weighted by Crippen LogP contribution is 2.28. The first kappa shape index (κ1) is 23.0. The topological polar surface area (TPSA) is 71.5 Å². The number of nitrogens with zero attached hydrogens (tertiary/aromatic N) is 3. The molecule has 1 N–H and O–H groups in total. The van der Waals surface area contributed by atoms with Crippen LogP contribution < -0.4 is 9.62 Å². The van der Waals surface area contributed by atoms with Gasteiger partial charge in [0.2, 0.25) is 0 Å². The van der Waals surface area contributed by atoms with Gasteiger partial charge in [-0.2, -0.15) is 4.72 Å². The number of para-hydroxylation sites is 1. The zero-order valence-corrected chi connectivity index (χ0v) is 20.5. The maximum atomic E-state index is 12.8. The number of carbonyl (C=O) groups is 1. The summed E-state index contributed by atoms with van der Waals surface area (Å²) < 4.78 is 15.7. The maximum Gasteiger partial charge on any atom is 0.294 e. The van der Waals surface area contributed by atoms with Crippen LogP contribution in [0.15, 0.2) is 42.5 Å². The van der Waals surface area contributed by atoms with Crippen molar-refractivity contribution in [3.05, 3.63) is 58.6 Å². The van der Waals surface area contributed by atoms with E-state index in [1.165, 1.54) is 10.3 Å². The molecule has 1 atom stereocenters. The van der Waals surface area contributed by atoms with Gasteiger partial charge in [-0.1, -0.05) is 32.0 Å². The number of rotatable bonds is 7. The van der Waals surface area contributed by atoms with Gasteiger partial charge in [0.1, 0.15) is 10.8 Å². The summed E-state index contributed by atoms with van der Waals surface area (Å²) in [5.74, 6) is 0.499. The van der Waals surface area contributed by atoms with E-state index in [-0.39, 0.29) is 5.91 Å². The van der Waals surface area contributed by atoms with Crippen molar-refractivity contribution >= 4 is 44.5 Å². The molecule has 1 amide bonds. The summed E-state index contributed by atoms with van der Waals surface area (Å²) in [5.41, 5.74) is 3.79. The molecule has 0 bridgehead atoms. The number of hydrogen-bond acceptors (Lipinski definition) is 6. The third-order valence-electron chi connectivity index (χ3n) is 5.81. The van der Waals surface area contributed by atoms with Gasteiger partial charge in [-0.05, 0) is 42.7 Å². The summed E-state index contributed by atoms with van der Waals surface area (Å²) in [6, 6.07) is 14.3. The second kappa shape index (κ2) is 10.2. The van der Waals surface area contributed by atoms with Gasteiger partial charge >= 0.3 is 0 Å². The Balaban J connectivity index is 1.47. The molecular weight excluding hydrogens is 440 g/mol. The molecule has 6 nitrogen and oxygen atoms in total. The molecule has 0 spiro atoms. The van der Waals surface area contributed by atoms with E-state index in [0.29, 0.717) is 17.2 Å². The van der Waals surface area contributed by atoms with E-state index in [0.717, 1.165) is 48.9 Å². The van der Waals surface area contributed by atoms with Gasteiger partial charge in [0.05, 0.1) is 39.4 Å². The Bertz CT molecular complexity index is 1040. The lowest BCUT2D eigenvalue weighted by molar-refractivity contribution is 0.0981. The average Bonchev–Trinajstić information content (AvgIpc) is 3.21. The molecule has 1 aromatic heterocycles. The van der Waals surface area contributed by atoms with Gasteiger partial charge in [0.15, 0.2) is 0 Å². The molecule has 0 aliphatic carbocycles. The Morgan fingerprint density at radius 3 is 2.62 bits per heavy atom. The van der Waals surface area contributed by atoms with Gasteiger partial charge in [0.25, 0.3) is 5.91 Å². The number of fused-ring (bicyclic) bond motifs is 1. The van der Waals surface area contributed by atoms with Crippen molar-refractivity contribution in [1.29, 1.82) is 0 Å². The second-order valence-corrected chi connectivity index (χ2v) is 10.9. The molecule has 8 heteroatoms. The number of thiazole rings is 1. The van der Waals surface area contributed by atoms with Gasteiger partial charge in [-0.25, -0.2) is 4.98 Å². The molecule has 170 valence electrons. The van der Waals surface area contributed by atoms with Gasteiger partial charge in [-0.3, -0.25) is 9.69 Å². The number of carbonyl (C=O) groups excluding carboxylic acids is 1. The lowest BCUT2D eigenvalue weighted by atomic mass is 9.99. The average molecular weight is 471 g/mol. The number of piperazine rings is 1. The fourth-order valence-electron chi connectivity index (χ4n) is 3.92. The summed E-state index contributed by atoms with van der Waals surface area (Å²) in [5, 5.41) is 1.14. The number of anilines is 1. The van der Waals surface area contributed by atoms with Crippen molar-refractivity contribution in [2.45, 2.75) is 33.2 Å². The summed E-state index contributed by atoms with van der Waals surface area (Å²) in [6.45, 7) is 10.4. The first-order valence-electron chi connectivity index (χ1n) is 11.1. The standard InChI is InChI=1S/C24H30N4O2S2/c1-4-32(30)26-24(29)19-10-9-18(17(2)3)15-21(19)28-13-11-27(12-14-28)16-23-25-20-7-5-6-8-22(20)31-23/h5-10,15,17H,4,11-14,16H2,1-3H3,(H,26,29). The highest BCUT2D eigenvalue weighted by atomic mass is 32.2. The van der Waals surface area contributed by atoms with Crippen LogP contribution in [0, 0.1) is 0 Å². The van der Waals surface area contributed by atoms with Crippen molar-refractivity contribution in [2.24, 2.45) is 0 Å². The first-order valence-corrected chi connectivity index (χ1v) is 13.2. The molecule has 2 heterocycles. The van der Waals surface area contributed by atoms with Crippen LogP contribution in [0.1, 0.15) is 47.6 Å². The Hall–Kier alpha value is -2.13. The smallest absolute Gasteiger partial charge is 0.294 e. The minimum atomic E-state index is -1.35. The molecule has 1 aliphatic heterocycles.